The van der Waals surface area contributed by atoms with Gasteiger partial charge in [-0.2, -0.15) is 0 Å². The first-order chi connectivity index (χ1) is 16.2. The van der Waals surface area contributed by atoms with Crippen molar-refractivity contribution < 1.29 is 4.79 Å². The van der Waals surface area contributed by atoms with Crippen molar-refractivity contribution in [2.75, 3.05) is 10.7 Å². The normalized spacial score (nSPS) is 15.0. The van der Waals surface area contributed by atoms with Gasteiger partial charge in [0.2, 0.25) is 5.91 Å². The summed E-state index contributed by atoms with van der Waals surface area (Å²) in [6, 6.07) is 20.5. The topological polar surface area (TPSA) is 63.9 Å². The maximum Gasteiger partial charge on any atom is 0.237 e. The van der Waals surface area contributed by atoms with E-state index in [-0.39, 0.29) is 11.9 Å². The van der Waals surface area contributed by atoms with Gasteiger partial charge in [0.05, 0.1) is 5.75 Å². The molecule has 0 bridgehead atoms. The lowest BCUT2D eigenvalue weighted by molar-refractivity contribution is -0.116. The number of hydrogen-bond donors (Lipinski definition) is 0. The van der Waals surface area contributed by atoms with Gasteiger partial charge in [-0.3, -0.25) is 14.3 Å². The number of fused-ring (bicyclic) bond motifs is 1. The summed E-state index contributed by atoms with van der Waals surface area (Å²) in [5.74, 6) is 1.11. The molecule has 4 aromatic rings. The third-order valence-corrected chi connectivity index (χ3v) is 6.89. The molecule has 1 aliphatic rings. The van der Waals surface area contributed by atoms with Gasteiger partial charge in [-0.15, -0.1) is 10.2 Å². The van der Waals surface area contributed by atoms with Gasteiger partial charge in [-0.1, -0.05) is 49.0 Å². The first-order valence-electron chi connectivity index (χ1n) is 11.1. The number of carbonyl (C=O) groups excluding carboxylic acids is 1. The summed E-state index contributed by atoms with van der Waals surface area (Å²) in [6.07, 6.45) is 5.36. The molecule has 0 saturated heterocycles. The van der Waals surface area contributed by atoms with E-state index in [0.29, 0.717) is 10.9 Å². The maximum absolute atomic E-state index is 13.2. The van der Waals surface area contributed by atoms with E-state index in [1.54, 1.807) is 12.4 Å². The van der Waals surface area contributed by atoms with E-state index in [1.165, 1.54) is 22.9 Å². The van der Waals surface area contributed by atoms with Crippen LogP contribution in [0.15, 0.2) is 78.2 Å². The Morgan fingerprint density at radius 2 is 1.79 bits per heavy atom. The third kappa shape index (κ3) is 4.16. The molecular formula is C26H25N5OS. The molecule has 0 N–H and O–H groups in total. The Morgan fingerprint density at radius 1 is 1.03 bits per heavy atom. The van der Waals surface area contributed by atoms with Crippen LogP contribution in [-0.4, -0.2) is 37.5 Å². The van der Waals surface area contributed by atoms with Crippen LogP contribution in [0.5, 0.6) is 0 Å². The van der Waals surface area contributed by atoms with Gasteiger partial charge in [0.1, 0.15) is 0 Å². The highest BCUT2D eigenvalue weighted by atomic mass is 32.2. The Labute approximate surface area is 197 Å². The number of nitrogens with zero attached hydrogens (tertiary/aromatic N) is 5. The van der Waals surface area contributed by atoms with E-state index in [2.05, 4.69) is 59.4 Å². The monoisotopic (exact) mass is 455 g/mol. The molecule has 166 valence electrons. The number of para-hydroxylation sites is 1. The molecule has 1 amide bonds. The highest BCUT2D eigenvalue weighted by molar-refractivity contribution is 7.99. The van der Waals surface area contributed by atoms with E-state index >= 15 is 0 Å². The number of aryl methyl sites for hydroxylation is 1. The standard InChI is InChI=1S/C26H25N5OS/c1-3-19-8-10-22(11-9-19)31-25(20-12-14-27-15-13-20)28-29-26(31)33-17-24(32)30-18(2)16-21-6-4-5-7-23(21)30/h4-15,18H,3,16-17H2,1-2H3. The van der Waals surface area contributed by atoms with E-state index in [0.717, 1.165) is 35.6 Å². The van der Waals surface area contributed by atoms with Crippen molar-refractivity contribution in [1.29, 1.82) is 0 Å². The van der Waals surface area contributed by atoms with Crippen molar-refractivity contribution in [2.45, 2.75) is 37.9 Å². The van der Waals surface area contributed by atoms with Crippen LogP contribution in [0, 0.1) is 0 Å². The summed E-state index contributed by atoms with van der Waals surface area (Å²) < 4.78 is 2.02. The fourth-order valence-electron chi connectivity index (χ4n) is 4.31. The summed E-state index contributed by atoms with van der Waals surface area (Å²) in [5.41, 5.74) is 5.41. The van der Waals surface area contributed by atoms with E-state index in [4.69, 9.17) is 0 Å². The predicted molar refractivity (Wildman–Crippen MR) is 132 cm³/mol. The van der Waals surface area contributed by atoms with Crippen LogP contribution in [0.3, 0.4) is 0 Å². The van der Waals surface area contributed by atoms with Crippen molar-refractivity contribution in [3.8, 4) is 17.1 Å². The number of benzene rings is 2. The molecule has 0 radical (unpaired) electrons. The van der Waals surface area contributed by atoms with Crippen molar-refractivity contribution in [2.24, 2.45) is 0 Å². The lowest BCUT2D eigenvalue weighted by atomic mass is 10.1. The number of thioether (sulfide) groups is 1. The molecule has 1 atom stereocenters. The lowest BCUT2D eigenvalue weighted by Gasteiger charge is -2.22. The van der Waals surface area contributed by atoms with Gasteiger partial charge in [0.25, 0.3) is 0 Å². The molecule has 7 heteroatoms. The second kappa shape index (κ2) is 9.19. The molecule has 0 fully saturated rings. The largest absolute Gasteiger partial charge is 0.308 e. The molecule has 0 spiro atoms. The molecule has 0 aliphatic carbocycles. The smallest absolute Gasteiger partial charge is 0.237 e. The fourth-order valence-corrected chi connectivity index (χ4v) is 5.12. The van der Waals surface area contributed by atoms with Gasteiger partial charge >= 0.3 is 0 Å². The number of aromatic nitrogens is 4. The van der Waals surface area contributed by atoms with Gasteiger partial charge in [-0.25, -0.2) is 0 Å². The lowest BCUT2D eigenvalue weighted by Crippen LogP contribution is -2.37. The molecule has 1 aliphatic heterocycles. The summed E-state index contributed by atoms with van der Waals surface area (Å²) >= 11 is 1.42. The van der Waals surface area contributed by atoms with Crippen molar-refractivity contribution in [3.05, 3.63) is 84.2 Å². The zero-order valence-corrected chi connectivity index (χ0v) is 19.5. The highest BCUT2D eigenvalue weighted by Crippen LogP contribution is 2.33. The summed E-state index contributed by atoms with van der Waals surface area (Å²) in [6.45, 7) is 4.24. The Morgan fingerprint density at radius 3 is 2.55 bits per heavy atom. The molecule has 3 heterocycles. The number of rotatable bonds is 6. The van der Waals surface area contributed by atoms with E-state index < -0.39 is 0 Å². The Kier molecular flexibility index (Phi) is 5.96. The van der Waals surface area contributed by atoms with Gasteiger partial charge in [-0.05, 0) is 61.2 Å². The molecule has 33 heavy (non-hydrogen) atoms. The Balaban J connectivity index is 1.45. The molecular weight excluding hydrogens is 430 g/mol. The molecule has 5 rings (SSSR count). The van der Waals surface area contributed by atoms with Crippen LogP contribution in [0.25, 0.3) is 17.1 Å². The number of carbonyl (C=O) groups is 1. The third-order valence-electron chi connectivity index (χ3n) is 5.98. The van der Waals surface area contributed by atoms with E-state index in [9.17, 15) is 4.79 Å². The maximum atomic E-state index is 13.2. The predicted octanol–water partition coefficient (Wildman–Crippen LogP) is 4.96. The summed E-state index contributed by atoms with van der Waals surface area (Å²) in [7, 11) is 0. The minimum atomic E-state index is 0.0822. The zero-order valence-electron chi connectivity index (χ0n) is 18.7. The fraction of sp³-hybridized carbons (Fsp3) is 0.231. The Hall–Kier alpha value is -3.45. The molecule has 2 aromatic carbocycles. The van der Waals surface area contributed by atoms with Gasteiger partial charge in [0.15, 0.2) is 11.0 Å². The van der Waals surface area contributed by atoms with Crippen LogP contribution in [0.2, 0.25) is 0 Å². The molecule has 6 nitrogen and oxygen atoms in total. The second-order valence-corrected chi connectivity index (χ2v) is 9.07. The number of hydrogen-bond acceptors (Lipinski definition) is 5. The van der Waals surface area contributed by atoms with Crippen molar-refractivity contribution in [3.63, 3.8) is 0 Å². The van der Waals surface area contributed by atoms with Crippen LogP contribution >= 0.6 is 11.8 Å². The number of anilines is 1. The van der Waals surface area contributed by atoms with Crippen molar-refractivity contribution in [1.82, 2.24) is 19.7 Å². The van der Waals surface area contributed by atoms with Crippen LogP contribution in [0.1, 0.15) is 25.0 Å². The molecule has 2 aromatic heterocycles. The van der Waals surface area contributed by atoms with Gasteiger partial charge < -0.3 is 4.90 Å². The SMILES string of the molecule is CCc1ccc(-n2c(SCC(=O)N3c4ccccc4CC3C)nnc2-c2ccncc2)cc1. The van der Waals surface area contributed by atoms with Crippen LogP contribution in [-0.2, 0) is 17.6 Å². The molecule has 0 saturated carbocycles. The minimum Gasteiger partial charge on any atom is -0.308 e. The average molecular weight is 456 g/mol. The minimum absolute atomic E-state index is 0.0822. The number of amides is 1. The van der Waals surface area contributed by atoms with Crippen LogP contribution in [0.4, 0.5) is 5.69 Å². The summed E-state index contributed by atoms with van der Waals surface area (Å²) in [4.78, 5) is 19.3. The number of pyridine rings is 1. The highest BCUT2D eigenvalue weighted by Gasteiger charge is 2.30. The first kappa shape index (κ1) is 21.4. The first-order valence-corrected chi connectivity index (χ1v) is 12.1. The van der Waals surface area contributed by atoms with Crippen LogP contribution < -0.4 is 4.90 Å². The zero-order chi connectivity index (χ0) is 22.8. The quantitative estimate of drug-likeness (QED) is 0.385. The molecule has 1 unspecified atom stereocenters. The van der Waals surface area contributed by atoms with Crippen molar-refractivity contribution >= 4 is 23.4 Å². The Bertz CT molecular complexity index is 1270. The average Bonchev–Trinajstić information content (AvgIpc) is 3.43. The van der Waals surface area contributed by atoms with Gasteiger partial charge in [0, 0.05) is 35.4 Å². The van der Waals surface area contributed by atoms with E-state index in [1.807, 2.05) is 39.8 Å². The second-order valence-electron chi connectivity index (χ2n) is 8.13. The summed E-state index contributed by atoms with van der Waals surface area (Å²) in [5, 5.41) is 9.62.